The van der Waals surface area contributed by atoms with E-state index in [1.165, 1.54) is 0 Å². The van der Waals surface area contributed by atoms with Crippen LogP contribution in [0.3, 0.4) is 0 Å². The largest absolute Gasteiger partial charge is 0.342 e. The summed E-state index contributed by atoms with van der Waals surface area (Å²) in [4.78, 5) is 33.4. The standard InChI is InChI=1S/C18H21N3O2S/c1-12(2)20(3)17(22)15-10-24-11-21(15)18(23)16-14-7-5-4-6-13(14)8-9-19-16/h4-9,12,15H,10-11H2,1-3H3/t15-/m1/s1. The van der Waals surface area contributed by atoms with E-state index in [9.17, 15) is 9.59 Å². The van der Waals surface area contributed by atoms with Gasteiger partial charge in [-0.15, -0.1) is 11.8 Å². The Morgan fingerprint density at radius 2 is 2.04 bits per heavy atom. The molecule has 0 aliphatic carbocycles. The van der Waals surface area contributed by atoms with Crippen molar-refractivity contribution in [3.8, 4) is 0 Å². The van der Waals surface area contributed by atoms with E-state index in [0.29, 0.717) is 17.3 Å². The molecule has 24 heavy (non-hydrogen) atoms. The van der Waals surface area contributed by atoms with Gasteiger partial charge in [-0.2, -0.15) is 0 Å². The van der Waals surface area contributed by atoms with Crippen molar-refractivity contribution < 1.29 is 9.59 Å². The summed E-state index contributed by atoms with van der Waals surface area (Å²) in [7, 11) is 1.79. The zero-order valence-electron chi connectivity index (χ0n) is 14.1. The number of thioether (sulfide) groups is 1. The molecule has 1 aromatic carbocycles. The van der Waals surface area contributed by atoms with E-state index in [-0.39, 0.29) is 17.9 Å². The second-order valence-electron chi connectivity index (χ2n) is 6.21. The maximum Gasteiger partial charge on any atom is 0.274 e. The first-order chi connectivity index (χ1) is 11.5. The van der Waals surface area contributed by atoms with Crippen molar-refractivity contribution in [3.63, 3.8) is 0 Å². The third-order valence-electron chi connectivity index (χ3n) is 4.43. The lowest BCUT2D eigenvalue weighted by atomic mass is 10.1. The summed E-state index contributed by atoms with van der Waals surface area (Å²) in [6.07, 6.45) is 1.65. The Labute approximate surface area is 146 Å². The van der Waals surface area contributed by atoms with Gasteiger partial charge in [0.05, 0.1) is 5.88 Å². The number of nitrogens with zero attached hydrogens (tertiary/aromatic N) is 3. The molecular weight excluding hydrogens is 322 g/mol. The summed E-state index contributed by atoms with van der Waals surface area (Å²) in [6, 6.07) is 9.27. The van der Waals surface area contributed by atoms with Gasteiger partial charge in [0.2, 0.25) is 5.91 Å². The molecule has 2 heterocycles. The highest BCUT2D eigenvalue weighted by Gasteiger charge is 2.37. The second-order valence-corrected chi connectivity index (χ2v) is 7.21. The number of pyridine rings is 1. The molecular formula is C18H21N3O2S. The molecule has 1 aliphatic heterocycles. The van der Waals surface area contributed by atoms with Crippen LogP contribution in [0.5, 0.6) is 0 Å². The molecule has 0 spiro atoms. The molecule has 5 nitrogen and oxygen atoms in total. The number of hydrogen-bond acceptors (Lipinski definition) is 4. The fourth-order valence-electron chi connectivity index (χ4n) is 2.76. The predicted molar refractivity (Wildman–Crippen MR) is 96.9 cm³/mol. The van der Waals surface area contributed by atoms with Crippen LogP contribution in [-0.2, 0) is 4.79 Å². The van der Waals surface area contributed by atoms with Crippen LogP contribution < -0.4 is 0 Å². The van der Waals surface area contributed by atoms with Gasteiger partial charge in [-0.1, -0.05) is 24.3 Å². The van der Waals surface area contributed by atoms with E-state index in [1.807, 2.05) is 44.2 Å². The number of likely N-dealkylation sites (N-methyl/N-ethyl adjacent to an activating group) is 1. The molecule has 1 aliphatic rings. The Balaban J connectivity index is 1.92. The zero-order valence-corrected chi connectivity index (χ0v) is 14.9. The number of hydrogen-bond donors (Lipinski definition) is 0. The van der Waals surface area contributed by atoms with Crippen LogP contribution in [-0.4, -0.2) is 57.4 Å². The minimum Gasteiger partial charge on any atom is -0.342 e. The highest BCUT2D eigenvalue weighted by atomic mass is 32.2. The van der Waals surface area contributed by atoms with Crippen molar-refractivity contribution in [3.05, 3.63) is 42.2 Å². The number of fused-ring (bicyclic) bond motifs is 1. The lowest BCUT2D eigenvalue weighted by molar-refractivity contribution is -0.135. The predicted octanol–water partition coefficient (Wildman–Crippen LogP) is 2.62. The minimum atomic E-state index is -0.421. The van der Waals surface area contributed by atoms with Crippen LogP contribution >= 0.6 is 11.8 Å². The van der Waals surface area contributed by atoms with E-state index in [1.54, 1.807) is 34.8 Å². The minimum absolute atomic E-state index is 0.0106. The molecule has 0 bridgehead atoms. The third kappa shape index (κ3) is 2.98. The topological polar surface area (TPSA) is 53.5 Å². The molecule has 0 saturated carbocycles. The summed E-state index contributed by atoms with van der Waals surface area (Å²) >= 11 is 1.61. The number of rotatable bonds is 3. The summed E-state index contributed by atoms with van der Waals surface area (Å²) in [6.45, 7) is 3.94. The maximum absolute atomic E-state index is 13.0. The average Bonchev–Trinajstić information content (AvgIpc) is 3.08. The zero-order chi connectivity index (χ0) is 17.3. The highest BCUT2D eigenvalue weighted by Crippen LogP contribution is 2.26. The Morgan fingerprint density at radius 3 is 2.79 bits per heavy atom. The highest BCUT2D eigenvalue weighted by molar-refractivity contribution is 7.99. The third-order valence-corrected chi connectivity index (χ3v) is 5.44. The van der Waals surface area contributed by atoms with Gasteiger partial charge in [0.1, 0.15) is 11.7 Å². The smallest absolute Gasteiger partial charge is 0.274 e. The fraction of sp³-hybridized carbons (Fsp3) is 0.389. The van der Waals surface area contributed by atoms with Crippen LogP contribution in [0.1, 0.15) is 24.3 Å². The summed E-state index contributed by atoms with van der Waals surface area (Å²) in [5.41, 5.74) is 0.417. The summed E-state index contributed by atoms with van der Waals surface area (Å²) in [5, 5.41) is 1.80. The van der Waals surface area contributed by atoms with Gasteiger partial charge >= 0.3 is 0 Å². The van der Waals surface area contributed by atoms with Crippen molar-refractivity contribution in [1.82, 2.24) is 14.8 Å². The first-order valence-electron chi connectivity index (χ1n) is 8.00. The van der Waals surface area contributed by atoms with Crippen molar-refractivity contribution in [2.75, 3.05) is 18.7 Å². The summed E-state index contributed by atoms with van der Waals surface area (Å²) in [5.74, 6) is 0.967. The molecule has 3 rings (SSSR count). The number of carbonyl (C=O) groups is 2. The number of benzene rings is 1. The Hall–Kier alpha value is -2.08. The molecule has 126 valence electrons. The first kappa shape index (κ1) is 16.8. The van der Waals surface area contributed by atoms with Gasteiger partial charge in [-0.25, -0.2) is 0 Å². The molecule has 2 aromatic rings. The normalized spacial score (nSPS) is 17.5. The molecule has 1 aromatic heterocycles. The van der Waals surface area contributed by atoms with E-state index in [2.05, 4.69) is 4.98 Å². The van der Waals surface area contributed by atoms with Crippen molar-refractivity contribution in [1.29, 1.82) is 0 Å². The molecule has 0 unspecified atom stereocenters. The van der Waals surface area contributed by atoms with Crippen LogP contribution in [0.15, 0.2) is 36.5 Å². The van der Waals surface area contributed by atoms with Crippen LogP contribution in [0.2, 0.25) is 0 Å². The monoisotopic (exact) mass is 343 g/mol. The SMILES string of the molecule is CC(C)N(C)C(=O)[C@H]1CSCN1C(=O)c1nccc2ccccc12. The molecule has 0 N–H and O–H groups in total. The Bertz CT molecular complexity index is 772. The van der Waals surface area contributed by atoms with E-state index in [0.717, 1.165) is 10.8 Å². The van der Waals surface area contributed by atoms with Crippen molar-refractivity contribution in [2.45, 2.75) is 25.9 Å². The summed E-state index contributed by atoms with van der Waals surface area (Å²) < 4.78 is 0. The van der Waals surface area contributed by atoms with E-state index >= 15 is 0 Å². The Kier molecular flexibility index (Phi) is 4.76. The van der Waals surface area contributed by atoms with Gasteiger partial charge in [-0.05, 0) is 25.3 Å². The number of carbonyl (C=O) groups excluding carboxylic acids is 2. The van der Waals surface area contributed by atoms with Gasteiger partial charge in [0, 0.05) is 30.4 Å². The number of amides is 2. The molecule has 1 atom stereocenters. The number of aromatic nitrogens is 1. The maximum atomic E-state index is 13.0. The Morgan fingerprint density at radius 1 is 1.29 bits per heavy atom. The average molecular weight is 343 g/mol. The van der Waals surface area contributed by atoms with Gasteiger partial charge in [-0.3, -0.25) is 14.6 Å². The van der Waals surface area contributed by atoms with Crippen LogP contribution in [0.4, 0.5) is 0 Å². The second kappa shape index (κ2) is 6.81. The lowest BCUT2D eigenvalue weighted by Crippen LogP contribution is -2.49. The van der Waals surface area contributed by atoms with Gasteiger partial charge in [0.25, 0.3) is 5.91 Å². The molecule has 2 amide bonds. The van der Waals surface area contributed by atoms with Crippen LogP contribution in [0, 0.1) is 0 Å². The van der Waals surface area contributed by atoms with Crippen LogP contribution in [0.25, 0.3) is 10.8 Å². The fourth-order valence-corrected chi connectivity index (χ4v) is 3.91. The van der Waals surface area contributed by atoms with E-state index in [4.69, 9.17) is 0 Å². The first-order valence-corrected chi connectivity index (χ1v) is 9.15. The lowest BCUT2D eigenvalue weighted by Gasteiger charge is -2.29. The quantitative estimate of drug-likeness (QED) is 0.860. The molecule has 0 radical (unpaired) electrons. The van der Waals surface area contributed by atoms with Crippen molar-refractivity contribution in [2.24, 2.45) is 0 Å². The van der Waals surface area contributed by atoms with E-state index < -0.39 is 6.04 Å². The molecule has 6 heteroatoms. The van der Waals surface area contributed by atoms with Gasteiger partial charge in [0.15, 0.2) is 0 Å². The van der Waals surface area contributed by atoms with Gasteiger partial charge < -0.3 is 9.80 Å². The molecule has 1 saturated heterocycles. The van der Waals surface area contributed by atoms with Crippen molar-refractivity contribution >= 4 is 34.3 Å². The molecule has 1 fully saturated rings.